The number of carbonyl (C=O) groups is 2. The molecule has 0 bridgehead atoms. The van der Waals surface area contributed by atoms with Gasteiger partial charge < -0.3 is 10.1 Å². The van der Waals surface area contributed by atoms with Crippen molar-refractivity contribution in [2.75, 3.05) is 17.7 Å². The van der Waals surface area contributed by atoms with E-state index in [2.05, 4.69) is 5.32 Å². The minimum atomic E-state index is -3.55. The van der Waals surface area contributed by atoms with Gasteiger partial charge in [0.1, 0.15) is 5.00 Å². The molecule has 0 unspecified atom stereocenters. The molecule has 1 N–H and O–H groups in total. The number of aryl methyl sites for hydroxylation is 1. The summed E-state index contributed by atoms with van der Waals surface area (Å²) in [5, 5.41) is 5.01. The van der Waals surface area contributed by atoms with Crippen LogP contribution >= 0.6 is 11.3 Å². The largest absolute Gasteiger partial charge is 0.462 e. The Labute approximate surface area is 168 Å². The van der Waals surface area contributed by atoms with Gasteiger partial charge in [0.05, 0.1) is 22.8 Å². The van der Waals surface area contributed by atoms with Gasteiger partial charge >= 0.3 is 5.97 Å². The molecule has 1 aliphatic rings. The van der Waals surface area contributed by atoms with E-state index in [-0.39, 0.29) is 23.7 Å². The number of carbonyl (C=O) groups excluding carboxylic acids is 2. The van der Waals surface area contributed by atoms with Gasteiger partial charge in [0.2, 0.25) is 5.91 Å². The molecule has 6 nitrogen and oxygen atoms in total. The quantitative estimate of drug-likeness (QED) is 0.653. The van der Waals surface area contributed by atoms with Crippen molar-refractivity contribution in [1.29, 1.82) is 0 Å². The van der Waals surface area contributed by atoms with Crippen LogP contribution in [0.4, 0.5) is 5.00 Å². The van der Waals surface area contributed by atoms with Crippen LogP contribution in [0.25, 0.3) is 0 Å². The highest BCUT2D eigenvalue weighted by molar-refractivity contribution is 7.91. The molecule has 8 heteroatoms. The van der Waals surface area contributed by atoms with E-state index >= 15 is 0 Å². The molecule has 3 rings (SSSR count). The van der Waals surface area contributed by atoms with Gasteiger partial charge in [-0.25, -0.2) is 13.2 Å². The zero-order valence-electron chi connectivity index (χ0n) is 15.9. The molecule has 150 valence electrons. The van der Waals surface area contributed by atoms with E-state index in [0.717, 1.165) is 24.0 Å². The standard InChI is InChI=1S/C20H23NO5S2/c1-3-26-20(23)18-16(14-6-7-14)12-27-19(18)21-17(22)10-11-28(24,25)15-8-4-13(2)5-9-15/h4-5,8-9,12,14H,3,6-7,10-11H2,1-2H3,(H,21,22). The smallest absolute Gasteiger partial charge is 0.341 e. The van der Waals surface area contributed by atoms with Crippen molar-refractivity contribution in [2.24, 2.45) is 0 Å². The minimum absolute atomic E-state index is 0.185. The highest BCUT2D eigenvalue weighted by Gasteiger charge is 2.32. The fourth-order valence-electron chi connectivity index (χ4n) is 2.85. The summed E-state index contributed by atoms with van der Waals surface area (Å²) >= 11 is 1.28. The Kier molecular flexibility index (Phi) is 6.20. The van der Waals surface area contributed by atoms with Crippen molar-refractivity contribution >= 4 is 38.1 Å². The Balaban J connectivity index is 1.68. The number of anilines is 1. The van der Waals surface area contributed by atoms with Gasteiger partial charge in [-0.3, -0.25) is 4.79 Å². The van der Waals surface area contributed by atoms with E-state index in [0.29, 0.717) is 16.5 Å². The molecule has 0 saturated heterocycles. The number of ether oxygens (including phenoxy) is 1. The number of sulfone groups is 1. The molecule has 1 amide bonds. The van der Waals surface area contributed by atoms with Crippen molar-refractivity contribution in [2.45, 2.75) is 43.9 Å². The third-order valence-electron chi connectivity index (χ3n) is 4.55. The van der Waals surface area contributed by atoms with Crippen LogP contribution in [0.1, 0.15) is 53.6 Å². The molecule has 1 aromatic carbocycles. The van der Waals surface area contributed by atoms with Gasteiger partial charge in [-0.1, -0.05) is 17.7 Å². The van der Waals surface area contributed by atoms with E-state index in [1.807, 2.05) is 12.3 Å². The second-order valence-corrected chi connectivity index (χ2v) is 9.81. The SMILES string of the molecule is CCOC(=O)c1c(C2CC2)csc1NC(=O)CCS(=O)(=O)c1ccc(C)cc1. The van der Waals surface area contributed by atoms with Crippen molar-refractivity contribution in [3.63, 3.8) is 0 Å². The third-order valence-corrected chi connectivity index (χ3v) is 7.19. The van der Waals surface area contributed by atoms with Crippen LogP contribution in [-0.4, -0.2) is 32.7 Å². The molecule has 28 heavy (non-hydrogen) atoms. The number of nitrogens with one attached hydrogen (secondary N) is 1. The first-order valence-electron chi connectivity index (χ1n) is 9.19. The van der Waals surface area contributed by atoms with Gasteiger partial charge in [-0.15, -0.1) is 11.3 Å². The summed E-state index contributed by atoms with van der Waals surface area (Å²) in [4.78, 5) is 24.9. The molecule has 1 aromatic heterocycles. The van der Waals surface area contributed by atoms with Gasteiger partial charge in [0.25, 0.3) is 0 Å². The summed E-state index contributed by atoms with van der Waals surface area (Å²) in [5.74, 6) is -0.848. The lowest BCUT2D eigenvalue weighted by atomic mass is 10.1. The monoisotopic (exact) mass is 421 g/mol. The van der Waals surface area contributed by atoms with Crippen molar-refractivity contribution in [1.82, 2.24) is 0 Å². The Morgan fingerprint density at radius 2 is 1.89 bits per heavy atom. The molecule has 1 aliphatic carbocycles. The number of hydrogen-bond acceptors (Lipinski definition) is 6. The summed E-state index contributed by atoms with van der Waals surface area (Å²) in [6, 6.07) is 6.54. The number of esters is 1. The average Bonchev–Trinajstić information content (AvgIpc) is 3.41. The van der Waals surface area contributed by atoms with Crippen molar-refractivity contribution in [3.05, 3.63) is 46.3 Å². The number of benzene rings is 1. The zero-order valence-corrected chi connectivity index (χ0v) is 17.5. The fraction of sp³-hybridized carbons (Fsp3) is 0.400. The molecule has 1 heterocycles. The summed E-state index contributed by atoms with van der Waals surface area (Å²) < 4.78 is 30.0. The average molecular weight is 422 g/mol. The normalized spacial score (nSPS) is 13.9. The zero-order chi connectivity index (χ0) is 20.3. The lowest BCUT2D eigenvalue weighted by Crippen LogP contribution is -2.18. The maximum Gasteiger partial charge on any atom is 0.341 e. The molecular weight excluding hydrogens is 398 g/mol. The predicted molar refractivity (Wildman–Crippen MR) is 109 cm³/mol. The minimum Gasteiger partial charge on any atom is -0.462 e. The van der Waals surface area contributed by atoms with E-state index in [4.69, 9.17) is 4.74 Å². The topological polar surface area (TPSA) is 89.5 Å². The summed E-state index contributed by atoms with van der Waals surface area (Å²) in [6.45, 7) is 3.86. The van der Waals surface area contributed by atoms with Crippen LogP contribution < -0.4 is 5.32 Å². The van der Waals surface area contributed by atoms with Crippen LogP contribution in [0, 0.1) is 6.92 Å². The molecule has 1 fully saturated rings. The fourth-order valence-corrected chi connectivity index (χ4v) is 5.14. The van der Waals surface area contributed by atoms with E-state index in [1.165, 1.54) is 11.3 Å². The Bertz CT molecular complexity index is 973. The number of thiophene rings is 1. The second-order valence-electron chi connectivity index (χ2n) is 6.82. The second kappa shape index (κ2) is 8.45. The maximum atomic E-state index is 12.4. The summed E-state index contributed by atoms with van der Waals surface area (Å²) in [5.41, 5.74) is 2.28. The van der Waals surface area contributed by atoms with Crippen LogP contribution in [0.15, 0.2) is 34.5 Å². The van der Waals surface area contributed by atoms with Gasteiger partial charge in [0.15, 0.2) is 9.84 Å². The van der Waals surface area contributed by atoms with Crippen LogP contribution in [-0.2, 0) is 19.4 Å². The molecule has 0 atom stereocenters. The number of rotatable bonds is 8. The first kappa shape index (κ1) is 20.5. The van der Waals surface area contributed by atoms with Crippen molar-refractivity contribution in [3.8, 4) is 0 Å². The third kappa shape index (κ3) is 4.80. The van der Waals surface area contributed by atoms with E-state index in [9.17, 15) is 18.0 Å². The molecule has 0 aliphatic heterocycles. The van der Waals surface area contributed by atoms with Crippen LogP contribution in [0.2, 0.25) is 0 Å². The highest BCUT2D eigenvalue weighted by atomic mass is 32.2. The first-order valence-corrected chi connectivity index (χ1v) is 11.7. The molecule has 0 spiro atoms. The van der Waals surface area contributed by atoms with E-state index in [1.54, 1.807) is 31.2 Å². The lowest BCUT2D eigenvalue weighted by Gasteiger charge is -2.09. The molecule has 1 saturated carbocycles. The Hall–Kier alpha value is -2.19. The Morgan fingerprint density at radius 3 is 2.50 bits per heavy atom. The lowest BCUT2D eigenvalue weighted by molar-refractivity contribution is -0.115. The molecule has 2 aromatic rings. The van der Waals surface area contributed by atoms with Crippen LogP contribution in [0.5, 0.6) is 0 Å². The van der Waals surface area contributed by atoms with Gasteiger partial charge in [0, 0.05) is 6.42 Å². The molecular formula is C20H23NO5S2. The first-order chi connectivity index (χ1) is 13.3. The van der Waals surface area contributed by atoms with E-state index < -0.39 is 21.7 Å². The van der Waals surface area contributed by atoms with Crippen molar-refractivity contribution < 1.29 is 22.7 Å². The van der Waals surface area contributed by atoms with Gasteiger partial charge in [-0.2, -0.15) is 0 Å². The number of hydrogen-bond donors (Lipinski definition) is 1. The predicted octanol–water partition coefficient (Wildman–Crippen LogP) is 3.91. The Morgan fingerprint density at radius 1 is 1.21 bits per heavy atom. The highest BCUT2D eigenvalue weighted by Crippen LogP contribution is 2.46. The molecule has 0 radical (unpaired) electrons. The summed E-state index contributed by atoms with van der Waals surface area (Å²) in [6.07, 6.45) is 1.85. The van der Waals surface area contributed by atoms with Crippen LogP contribution in [0.3, 0.4) is 0 Å². The maximum absolute atomic E-state index is 12.4. The van der Waals surface area contributed by atoms with Gasteiger partial charge in [-0.05, 0) is 55.7 Å². The summed E-state index contributed by atoms with van der Waals surface area (Å²) in [7, 11) is -3.55. The number of amides is 1.